The molecule has 7 heteroatoms. The number of rotatable bonds is 5. The van der Waals surface area contributed by atoms with Crippen LogP contribution >= 0.6 is 10.7 Å². The van der Waals surface area contributed by atoms with Gasteiger partial charge in [0.05, 0.1) is 0 Å². The Hall–Kier alpha value is -1.01. The summed E-state index contributed by atoms with van der Waals surface area (Å²) >= 11 is 0. The third-order valence-corrected chi connectivity index (χ3v) is 4.40. The molecular weight excluding hydrogens is 290 g/mol. The van der Waals surface area contributed by atoms with E-state index in [1.165, 1.54) is 17.9 Å². The van der Waals surface area contributed by atoms with E-state index in [1.54, 1.807) is 7.05 Å². The lowest BCUT2D eigenvalue weighted by atomic mass is 10.1. The largest absolute Gasteiger partial charge is 0.455 e. The van der Waals surface area contributed by atoms with Gasteiger partial charge in [0.15, 0.2) is 5.76 Å². The summed E-state index contributed by atoms with van der Waals surface area (Å²) in [6.07, 6.45) is 0.954. The molecule has 1 unspecified atom stereocenters. The van der Waals surface area contributed by atoms with Gasteiger partial charge in [-0.15, -0.1) is 0 Å². The number of amides is 1. The van der Waals surface area contributed by atoms with Crippen LogP contribution < -0.4 is 0 Å². The molecule has 0 N–H and O–H groups in total. The fourth-order valence-electron chi connectivity index (χ4n) is 1.68. The number of nitrogens with zero attached hydrogens (tertiary/aromatic N) is 1. The Balaban J connectivity index is 2.96. The first-order valence-electron chi connectivity index (χ1n) is 5.97. The van der Waals surface area contributed by atoms with Crippen LogP contribution in [0.4, 0.5) is 0 Å². The Morgan fingerprint density at radius 2 is 2.11 bits per heavy atom. The van der Waals surface area contributed by atoms with E-state index in [0.29, 0.717) is 12.5 Å². The van der Waals surface area contributed by atoms with Crippen molar-refractivity contribution in [3.63, 3.8) is 0 Å². The molecule has 0 saturated heterocycles. The standard InChI is InChI=1S/C12H18ClNO4S/c1-5-8(2)7-14(4)12(15)10-6-11(9(3)18-10)19(13,16)17/h6,8H,5,7H2,1-4H3. The lowest BCUT2D eigenvalue weighted by molar-refractivity contribution is 0.0742. The van der Waals surface area contributed by atoms with Crippen LogP contribution in [-0.2, 0) is 9.05 Å². The molecule has 1 aromatic heterocycles. The van der Waals surface area contributed by atoms with Crippen molar-refractivity contribution in [2.24, 2.45) is 5.92 Å². The van der Waals surface area contributed by atoms with Gasteiger partial charge in [0.25, 0.3) is 15.0 Å². The van der Waals surface area contributed by atoms with Gasteiger partial charge in [-0.2, -0.15) is 0 Å². The number of hydrogen-bond donors (Lipinski definition) is 0. The average molecular weight is 308 g/mol. The highest BCUT2D eigenvalue weighted by Gasteiger charge is 2.24. The predicted molar refractivity (Wildman–Crippen MR) is 72.9 cm³/mol. The molecule has 0 spiro atoms. The van der Waals surface area contributed by atoms with Crippen molar-refractivity contribution in [2.45, 2.75) is 32.1 Å². The highest BCUT2D eigenvalue weighted by molar-refractivity contribution is 8.13. The SMILES string of the molecule is CCC(C)CN(C)C(=O)c1cc(S(=O)(=O)Cl)c(C)o1. The first-order valence-corrected chi connectivity index (χ1v) is 8.28. The molecule has 1 atom stereocenters. The number of furan rings is 1. The topological polar surface area (TPSA) is 67.6 Å². The van der Waals surface area contributed by atoms with Crippen molar-refractivity contribution in [1.82, 2.24) is 4.90 Å². The highest BCUT2D eigenvalue weighted by atomic mass is 35.7. The monoisotopic (exact) mass is 307 g/mol. The van der Waals surface area contributed by atoms with E-state index >= 15 is 0 Å². The van der Waals surface area contributed by atoms with E-state index in [0.717, 1.165) is 6.42 Å². The zero-order valence-electron chi connectivity index (χ0n) is 11.4. The molecule has 19 heavy (non-hydrogen) atoms. The molecule has 0 bridgehead atoms. The molecule has 1 amide bonds. The normalized spacial score (nSPS) is 13.3. The van der Waals surface area contributed by atoms with Crippen LogP contribution in [0.5, 0.6) is 0 Å². The highest BCUT2D eigenvalue weighted by Crippen LogP contribution is 2.24. The summed E-state index contributed by atoms with van der Waals surface area (Å²) in [5, 5.41) is 0. The Morgan fingerprint density at radius 1 is 1.53 bits per heavy atom. The van der Waals surface area contributed by atoms with Gasteiger partial charge in [-0.25, -0.2) is 8.42 Å². The number of hydrogen-bond acceptors (Lipinski definition) is 4. The van der Waals surface area contributed by atoms with E-state index < -0.39 is 9.05 Å². The molecule has 0 aliphatic carbocycles. The summed E-state index contributed by atoms with van der Waals surface area (Å²) in [4.78, 5) is 13.4. The van der Waals surface area contributed by atoms with E-state index in [4.69, 9.17) is 15.1 Å². The van der Waals surface area contributed by atoms with Crippen molar-refractivity contribution in [3.8, 4) is 0 Å². The molecule has 0 aliphatic rings. The van der Waals surface area contributed by atoms with Crippen molar-refractivity contribution in [3.05, 3.63) is 17.6 Å². The second kappa shape index (κ2) is 5.96. The van der Waals surface area contributed by atoms with Gasteiger partial charge >= 0.3 is 0 Å². The summed E-state index contributed by atoms with van der Waals surface area (Å²) < 4.78 is 27.7. The molecule has 108 valence electrons. The Labute approximate surface area is 117 Å². The summed E-state index contributed by atoms with van der Waals surface area (Å²) in [6.45, 7) is 6.11. The number of halogens is 1. The lowest BCUT2D eigenvalue weighted by Gasteiger charge is -2.19. The minimum Gasteiger partial charge on any atom is -0.455 e. The summed E-state index contributed by atoms with van der Waals surface area (Å²) in [5.74, 6) is 0.119. The van der Waals surface area contributed by atoms with E-state index in [2.05, 4.69) is 0 Å². The minimum atomic E-state index is -3.89. The summed E-state index contributed by atoms with van der Waals surface area (Å²) in [6, 6.07) is 1.17. The molecule has 1 heterocycles. The van der Waals surface area contributed by atoms with Crippen molar-refractivity contribution >= 4 is 25.6 Å². The zero-order chi connectivity index (χ0) is 14.8. The van der Waals surface area contributed by atoms with Crippen molar-refractivity contribution in [1.29, 1.82) is 0 Å². The Morgan fingerprint density at radius 3 is 2.53 bits per heavy atom. The van der Waals surface area contributed by atoms with E-state index in [9.17, 15) is 13.2 Å². The van der Waals surface area contributed by atoms with E-state index in [1.807, 2.05) is 13.8 Å². The second-order valence-electron chi connectivity index (χ2n) is 4.67. The average Bonchev–Trinajstić information content (AvgIpc) is 2.69. The maximum absolute atomic E-state index is 12.1. The second-order valence-corrected chi connectivity index (χ2v) is 7.20. The molecule has 0 aromatic carbocycles. The fraction of sp³-hybridized carbons (Fsp3) is 0.583. The first-order chi connectivity index (χ1) is 8.66. The molecule has 0 fully saturated rings. The summed E-state index contributed by atoms with van der Waals surface area (Å²) in [5.41, 5.74) is 0. The quantitative estimate of drug-likeness (QED) is 0.784. The van der Waals surface area contributed by atoms with Crippen LogP contribution in [-0.4, -0.2) is 32.8 Å². The van der Waals surface area contributed by atoms with Gasteiger partial charge in [-0.1, -0.05) is 20.3 Å². The van der Waals surface area contributed by atoms with Crippen LogP contribution in [0.3, 0.4) is 0 Å². The van der Waals surface area contributed by atoms with Crippen LogP contribution in [0.2, 0.25) is 0 Å². The van der Waals surface area contributed by atoms with Crippen molar-refractivity contribution in [2.75, 3.05) is 13.6 Å². The molecule has 0 aliphatic heterocycles. The third kappa shape index (κ3) is 3.98. The molecule has 1 aromatic rings. The number of carbonyl (C=O) groups excluding carboxylic acids is 1. The molecule has 0 saturated carbocycles. The summed E-state index contributed by atoms with van der Waals surface area (Å²) in [7, 11) is 3.02. The number of aryl methyl sites for hydroxylation is 1. The zero-order valence-corrected chi connectivity index (χ0v) is 13.0. The smallest absolute Gasteiger partial charge is 0.289 e. The van der Waals surface area contributed by atoms with Crippen molar-refractivity contribution < 1.29 is 17.6 Å². The maximum Gasteiger partial charge on any atom is 0.289 e. The van der Waals surface area contributed by atoms with Gasteiger partial charge < -0.3 is 9.32 Å². The first kappa shape index (κ1) is 16.0. The lowest BCUT2D eigenvalue weighted by Crippen LogP contribution is -2.30. The van der Waals surface area contributed by atoms with Crippen LogP contribution in [0.15, 0.2) is 15.4 Å². The van der Waals surface area contributed by atoms with Gasteiger partial charge in [-0.05, 0) is 12.8 Å². The van der Waals surface area contributed by atoms with Crippen LogP contribution in [0.1, 0.15) is 36.6 Å². The Bertz CT molecular complexity index is 564. The van der Waals surface area contributed by atoms with Gasteiger partial charge in [0, 0.05) is 30.3 Å². The van der Waals surface area contributed by atoms with Crippen LogP contribution in [0.25, 0.3) is 0 Å². The minimum absolute atomic E-state index is 0.0115. The van der Waals surface area contributed by atoms with E-state index in [-0.39, 0.29) is 22.3 Å². The third-order valence-electron chi connectivity index (χ3n) is 2.97. The molecule has 0 radical (unpaired) electrons. The van der Waals surface area contributed by atoms with Gasteiger partial charge in [0.1, 0.15) is 10.7 Å². The van der Waals surface area contributed by atoms with Crippen LogP contribution in [0, 0.1) is 12.8 Å². The molecule has 1 rings (SSSR count). The van der Waals surface area contributed by atoms with Gasteiger partial charge in [0.2, 0.25) is 0 Å². The molecule has 5 nitrogen and oxygen atoms in total. The Kier molecular flexibility index (Phi) is 5.04. The van der Waals surface area contributed by atoms with Gasteiger partial charge in [-0.3, -0.25) is 4.79 Å². The number of carbonyl (C=O) groups is 1. The predicted octanol–water partition coefficient (Wildman–Crippen LogP) is 2.63. The fourth-order valence-corrected chi connectivity index (χ4v) is 2.77. The maximum atomic E-state index is 12.1. The molecular formula is C12H18ClNO4S.